The molecular formula is C13H15N3O3. The molecule has 0 amide bonds. The Kier molecular flexibility index (Phi) is 4.25. The van der Waals surface area contributed by atoms with Gasteiger partial charge in [-0.3, -0.25) is 0 Å². The van der Waals surface area contributed by atoms with Gasteiger partial charge >= 0.3 is 5.97 Å². The third-order valence-electron chi connectivity index (χ3n) is 2.64. The first-order valence-corrected chi connectivity index (χ1v) is 6.04. The fourth-order valence-electron chi connectivity index (χ4n) is 1.79. The van der Waals surface area contributed by atoms with Crippen LogP contribution in [0.15, 0.2) is 30.3 Å². The molecule has 0 aliphatic heterocycles. The van der Waals surface area contributed by atoms with Gasteiger partial charge < -0.3 is 9.84 Å². The predicted molar refractivity (Wildman–Crippen MR) is 68.9 cm³/mol. The van der Waals surface area contributed by atoms with Crippen LogP contribution < -0.4 is 0 Å². The average molecular weight is 261 g/mol. The first-order chi connectivity index (χ1) is 9.24. The summed E-state index contributed by atoms with van der Waals surface area (Å²) in [5.41, 5.74) is 1.25. The van der Waals surface area contributed by atoms with Crippen LogP contribution in [-0.4, -0.2) is 39.3 Å². The molecule has 0 radical (unpaired) electrons. The van der Waals surface area contributed by atoms with E-state index in [1.54, 1.807) is 4.68 Å². The minimum atomic E-state index is -1.08. The van der Waals surface area contributed by atoms with Crippen LogP contribution in [0.3, 0.4) is 0 Å². The van der Waals surface area contributed by atoms with Crippen molar-refractivity contribution in [2.75, 3.05) is 13.2 Å². The van der Waals surface area contributed by atoms with Crippen LogP contribution in [0.5, 0.6) is 0 Å². The molecule has 6 heteroatoms. The topological polar surface area (TPSA) is 77.2 Å². The van der Waals surface area contributed by atoms with Crippen molar-refractivity contribution in [3.8, 4) is 11.3 Å². The lowest BCUT2D eigenvalue weighted by Crippen LogP contribution is -2.09. The number of rotatable bonds is 6. The Morgan fingerprint density at radius 2 is 2.11 bits per heavy atom. The minimum absolute atomic E-state index is 0.0392. The highest BCUT2D eigenvalue weighted by molar-refractivity contribution is 5.92. The van der Waals surface area contributed by atoms with Crippen LogP contribution in [0.2, 0.25) is 0 Å². The Morgan fingerprint density at radius 3 is 2.74 bits per heavy atom. The molecule has 19 heavy (non-hydrogen) atoms. The van der Waals surface area contributed by atoms with Crippen molar-refractivity contribution >= 4 is 5.97 Å². The van der Waals surface area contributed by atoms with Crippen LogP contribution >= 0.6 is 0 Å². The van der Waals surface area contributed by atoms with Crippen molar-refractivity contribution < 1.29 is 14.6 Å². The SMILES string of the molecule is CCOCCn1nnc(C(=O)O)c1-c1ccccc1. The van der Waals surface area contributed by atoms with Crippen LogP contribution in [0, 0.1) is 0 Å². The number of nitrogens with zero attached hydrogens (tertiary/aromatic N) is 3. The third kappa shape index (κ3) is 2.97. The monoisotopic (exact) mass is 261 g/mol. The molecule has 2 rings (SSSR count). The molecule has 1 aromatic carbocycles. The van der Waals surface area contributed by atoms with Gasteiger partial charge in [-0.05, 0) is 6.92 Å². The maximum atomic E-state index is 11.2. The largest absolute Gasteiger partial charge is 0.476 e. The lowest BCUT2D eigenvalue weighted by Gasteiger charge is -2.07. The summed E-state index contributed by atoms with van der Waals surface area (Å²) in [5.74, 6) is -1.08. The van der Waals surface area contributed by atoms with Gasteiger partial charge in [-0.15, -0.1) is 5.10 Å². The summed E-state index contributed by atoms with van der Waals surface area (Å²) >= 11 is 0. The lowest BCUT2D eigenvalue weighted by molar-refractivity contribution is 0.0691. The number of carboxylic acids is 1. The van der Waals surface area contributed by atoms with E-state index in [4.69, 9.17) is 9.84 Å². The number of hydrogen-bond donors (Lipinski definition) is 1. The van der Waals surface area contributed by atoms with Gasteiger partial charge in [0, 0.05) is 12.2 Å². The molecule has 0 aliphatic rings. The predicted octanol–water partition coefficient (Wildman–Crippen LogP) is 1.68. The highest BCUT2D eigenvalue weighted by Crippen LogP contribution is 2.21. The van der Waals surface area contributed by atoms with E-state index in [-0.39, 0.29) is 5.69 Å². The zero-order valence-electron chi connectivity index (χ0n) is 10.6. The van der Waals surface area contributed by atoms with E-state index in [0.29, 0.717) is 25.5 Å². The maximum Gasteiger partial charge on any atom is 0.358 e. The Balaban J connectivity index is 2.37. The summed E-state index contributed by atoms with van der Waals surface area (Å²) in [5, 5.41) is 16.8. The number of benzene rings is 1. The number of carboxylic acid groups (broad SMARTS) is 1. The second-order valence-corrected chi connectivity index (χ2v) is 3.88. The first kappa shape index (κ1) is 13.2. The molecule has 100 valence electrons. The highest BCUT2D eigenvalue weighted by atomic mass is 16.5. The maximum absolute atomic E-state index is 11.2. The molecule has 0 spiro atoms. The van der Waals surface area contributed by atoms with E-state index >= 15 is 0 Å². The van der Waals surface area contributed by atoms with Gasteiger partial charge in [-0.25, -0.2) is 9.48 Å². The summed E-state index contributed by atoms with van der Waals surface area (Å²) in [6, 6.07) is 9.24. The molecule has 0 fully saturated rings. The molecule has 1 aromatic heterocycles. The number of aromatic carboxylic acids is 1. The molecule has 0 aliphatic carbocycles. The quantitative estimate of drug-likeness (QED) is 0.800. The summed E-state index contributed by atoms with van der Waals surface area (Å²) in [6.07, 6.45) is 0. The standard InChI is InChI=1S/C13H15N3O3/c1-2-19-9-8-16-12(10-6-4-3-5-7-10)11(13(17)18)14-15-16/h3-7H,2,8-9H2,1H3,(H,17,18). The fraction of sp³-hybridized carbons (Fsp3) is 0.308. The van der Waals surface area contributed by atoms with Gasteiger partial charge in [0.1, 0.15) is 5.69 Å². The van der Waals surface area contributed by atoms with Crippen molar-refractivity contribution in [2.45, 2.75) is 13.5 Å². The summed E-state index contributed by atoms with van der Waals surface area (Å²) in [6.45, 7) is 3.46. The van der Waals surface area contributed by atoms with Gasteiger partial charge in [0.15, 0.2) is 5.69 Å². The van der Waals surface area contributed by atoms with Crippen molar-refractivity contribution in [3.05, 3.63) is 36.0 Å². The van der Waals surface area contributed by atoms with E-state index < -0.39 is 5.97 Å². The minimum Gasteiger partial charge on any atom is -0.476 e. The molecule has 6 nitrogen and oxygen atoms in total. The molecule has 0 bridgehead atoms. The lowest BCUT2D eigenvalue weighted by atomic mass is 10.1. The molecule has 1 heterocycles. The Bertz CT molecular complexity index is 552. The van der Waals surface area contributed by atoms with Gasteiger partial charge in [0.05, 0.1) is 13.2 Å². The Morgan fingerprint density at radius 1 is 1.37 bits per heavy atom. The van der Waals surface area contributed by atoms with Crippen molar-refractivity contribution in [1.82, 2.24) is 15.0 Å². The fourth-order valence-corrected chi connectivity index (χ4v) is 1.79. The Hall–Kier alpha value is -2.21. The summed E-state index contributed by atoms with van der Waals surface area (Å²) in [7, 11) is 0. The van der Waals surface area contributed by atoms with Gasteiger partial charge in [0.25, 0.3) is 0 Å². The molecule has 1 N–H and O–H groups in total. The van der Waals surface area contributed by atoms with Crippen molar-refractivity contribution in [3.63, 3.8) is 0 Å². The summed E-state index contributed by atoms with van der Waals surface area (Å²) in [4.78, 5) is 11.2. The van der Waals surface area contributed by atoms with E-state index in [0.717, 1.165) is 5.56 Å². The van der Waals surface area contributed by atoms with Crippen LogP contribution in [0.1, 0.15) is 17.4 Å². The Labute approximate surface area is 110 Å². The molecule has 0 unspecified atom stereocenters. The van der Waals surface area contributed by atoms with Crippen molar-refractivity contribution in [2.24, 2.45) is 0 Å². The van der Waals surface area contributed by atoms with Gasteiger partial charge in [0.2, 0.25) is 0 Å². The van der Waals surface area contributed by atoms with Crippen molar-refractivity contribution in [1.29, 1.82) is 0 Å². The zero-order valence-corrected chi connectivity index (χ0v) is 10.6. The highest BCUT2D eigenvalue weighted by Gasteiger charge is 2.20. The van der Waals surface area contributed by atoms with Crippen LogP contribution in [0.4, 0.5) is 0 Å². The number of hydrogen-bond acceptors (Lipinski definition) is 4. The molecule has 0 saturated carbocycles. The molecule has 0 saturated heterocycles. The summed E-state index contributed by atoms with van der Waals surface area (Å²) < 4.78 is 6.83. The first-order valence-electron chi connectivity index (χ1n) is 6.04. The second kappa shape index (κ2) is 6.10. The van der Waals surface area contributed by atoms with Crippen LogP contribution in [0.25, 0.3) is 11.3 Å². The second-order valence-electron chi connectivity index (χ2n) is 3.88. The van der Waals surface area contributed by atoms with E-state index in [2.05, 4.69) is 10.3 Å². The average Bonchev–Trinajstić information content (AvgIpc) is 2.84. The number of carbonyl (C=O) groups is 1. The smallest absolute Gasteiger partial charge is 0.358 e. The van der Waals surface area contributed by atoms with Gasteiger partial charge in [-0.2, -0.15) is 0 Å². The zero-order chi connectivity index (χ0) is 13.7. The molecular weight excluding hydrogens is 246 g/mol. The van der Waals surface area contributed by atoms with Crippen LogP contribution in [-0.2, 0) is 11.3 Å². The molecule has 0 atom stereocenters. The number of aromatic nitrogens is 3. The number of ether oxygens (including phenoxy) is 1. The van der Waals surface area contributed by atoms with E-state index in [1.807, 2.05) is 37.3 Å². The third-order valence-corrected chi connectivity index (χ3v) is 2.64. The normalized spacial score (nSPS) is 10.6. The van der Waals surface area contributed by atoms with Gasteiger partial charge in [-0.1, -0.05) is 35.5 Å². The van der Waals surface area contributed by atoms with E-state index in [9.17, 15) is 4.79 Å². The molecule has 2 aromatic rings. The van der Waals surface area contributed by atoms with E-state index in [1.165, 1.54) is 0 Å².